The summed E-state index contributed by atoms with van der Waals surface area (Å²) in [4.78, 5) is 12.8. The van der Waals surface area contributed by atoms with E-state index in [1.807, 2.05) is 31.3 Å². The Bertz CT molecular complexity index is 834. The van der Waals surface area contributed by atoms with E-state index in [9.17, 15) is 9.90 Å². The van der Waals surface area contributed by atoms with Crippen molar-refractivity contribution < 1.29 is 9.90 Å². The number of aromatic nitrogens is 2. The first-order valence-corrected chi connectivity index (χ1v) is 6.92. The molecule has 0 saturated heterocycles. The molecule has 0 unspecified atom stereocenters. The Morgan fingerprint density at radius 2 is 2.10 bits per heavy atom. The topological polar surface area (TPSA) is 54.6 Å². The summed E-state index contributed by atoms with van der Waals surface area (Å²) in [5.41, 5.74) is 3.50. The van der Waals surface area contributed by atoms with E-state index in [4.69, 9.17) is 0 Å². The molecule has 21 heavy (non-hydrogen) atoms. The Morgan fingerprint density at radius 1 is 1.29 bits per heavy atom. The summed E-state index contributed by atoms with van der Waals surface area (Å²) in [6.07, 6.45) is 2.53. The number of hydrogen-bond donors (Lipinski definition) is 1. The lowest BCUT2D eigenvalue weighted by Crippen LogP contribution is -2.04. The van der Waals surface area contributed by atoms with Crippen LogP contribution in [0.25, 0.3) is 5.52 Å². The summed E-state index contributed by atoms with van der Waals surface area (Å²) in [6, 6.07) is 10.6. The van der Waals surface area contributed by atoms with Crippen molar-refractivity contribution in [3.8, 4) is 5.75 Å². The first-order chi connectivity index (χ1) is 10.1. The van der Waals surface area contributed by atoms with E-state index in [0.717, 1.165) is 11.2 Å². The highest BCUT2D eigenvalue weighted by Gasteiger charge is 2.20. The van der Waals surface area contributed by atoms with E-state index >= 15 is 0 Å². The number of phenols is 1. The lowest BCUT2D eigenvalue weighted by atomic mass is 9.99. The Labute approximate surface area is 122 Å². The molecule has 0 fully saturated rings. The van der Waals surface area contributed by atoms with E-state index in [1.54, 1.807) is 29.6 Å². The molecule has 0 spiro atoms. The number of rotatable bonds is 3. The number of nitrogens with zero attached hydrogens (tertiary/aromatic N) is 2. The molecule has 0 amide bonds. The Morgan fingerprint density at radius 3 is 2.81 bits per heavy atom. The summed E-state index contributed by atoms with van der Waals surface area (Å²) in [7, 11) is 0. The number of pyridine rings is 1. The molecule has 1 aromatic carbocycles. The Balaban J connectivity index is 2.18. The van der Waals surface area contributed by atoms with Crippen LogP contribution < -0.4 is 0 Å². The van der Waals surface area contributed by atoms with Gasteiger partial charge >= 0.3 is 0 Å². The molecule has 3 aromatic rings. The van der Waals surface area contributed by atoms with Crippen molar-refractivity contribution in [2.75, 3.05) is 0 Å². The number of hydrogen-bond acceptors (Lipinski definition) is 3. The van der Waals surface area contributed by atoms with Gasteiger partial charge in [0, 0.05) is 11.8 Å². The van der Waals surface area contributed by atoms with Gasteiger partial charge in [0.1, 0.15) is 5.75 Å². The zero-order chi connectivity index (χ0) is 15.0. The molecule has 0 radical (unpaired) electrons. The molecule has 0 aliphatic rings. The standard InChI is InChI=1S/C17H16N2O2/c1-3-13-16(14-6-4-5-9-19(14)18-13)17(21)12-7-8-15(20)11(2)10-12/h4-10,20H,3H2,1-2H3. The molecule has 0 atom stereocenters. The second-order valence-electron chi connectivity index (χ2n) is 5.04. The van der Waals surface area contributed by atoms with Crippen LogP contribution in [0, 0.1) is 6.92 Å². The van der Waals surface area contributed by atoms with Crippen LogP contribution in [-0.4, -0.2) is 20.5 Å². The molecule has 106 valence electrons. The first-order valence-electron chi connectivity index (χ1n) is 6.92. The van der Waals surface area contributed by atoms with E-state index in [1.165, 1.54) is 0 Å². The quantitative estimate of drug-likeness (QED) is 0.750. The average molecular weight is 280 g/mol. The number of aromatic hydroxyl groups is 1. The molecule has 0 aliphatic carbocycles. The van der Waals surface area contributed by atoms with Gasteiger partial charge in [0.15, 0.2) is 5.78 Å². The maximum atomic E-state index is 12.8. The summed E-state index contributed by atoms with van der Waals surface area (Å²) in [6.45, 7) is 3.77. The third-order valence-corrected chi connectivity index (χ3v) is 3.63. The third kappa shape index (κ3) is 2.18. The van der Waals surface area contributed by atoms with Crippen LogP contribution in [0.15, 0.2) is 42.6 Å². The SMILES string of the molecule is CCc1nn2ccccc2c1C(=O)c1ccc(O)c(C)c1. The molecule has 4 heteroatoms. The van der Waals surface area contributed by atoms with Gasteiger partial charge in [0.05, 0.1) is 16.8 Å². The molecule has 2 aromatic heterocycles. The number of phenolic OH excluding ortho intramolecular Hbond substituents is 1. The van der Waals surface area contributed by atoms with Crippen LogP contribution in [0.3, 0.4) is 0 Å². The fourth-order valence-corrected chi connectivity index (χ4v) is 2.48. The minimum atomic E-state index is -0.0591. The number of benzene rings is 1. The molecule has 2 heterocycles. The van der Waals surface area contributed by atoms with Crippen LogP contribution in [-0.2, 0) is 6.42 Å². The number of carbonyl (C=O) groups excluding carboxylic acids is 1. The lowest BCUT2D eigenvalue weighted by Gasteiger charge is -2.04. The van der Waals surface area contributed by atoms with Crippen molar-refractivity contribution in [3.05, 3.63) is 65.0 Å². The predicted octanol–water partition coefficient (Wildman–Crippen LogP) is 3.14. The van der Waals surface area contributed by atoms with E-state index in [0.29, 0.717) is 23.1 Å². The summed E-state index contributed by atoms with van der Waals surface area (Å²) in [5.74, 6) is 0.137. The molecule has 0 aliphatic heterocycles. The van der Waals surface area contributed by atoms with Crippen LogP contribution in [0.2, 0.25) is 0 Å². The van der Waals surface area contributed by atoms with Gasteiger partial charge in [-0.25, -0.2) is 4.52 Å². The van der Waals surface area contributed by atoms with Gasteiger partial charge in [-0.2, -0.15) is 5.10 Å². The molecular formula is C17H16N2O2. The van der Waals surface area contributed by atoms with E-state index in [2.05, 4.69) is 5.10 Å². The van der Waals surface area contributed by atoms with Crippen LogP contribution >= 0.6 is 0 Å². The summed E-state index contributed by atoms with van der Waals surface area (Å²) < 4.78 is 1.74. The highest BCUT2D eigenvalue weighted by Crippen LogP contribution is 2.23. The normalized spacial score (nSPS) is 11.0. The first kappa shape index (κ1) is 13.4. The Hall–Kier alpha value is -2.62. The third-order valence-electron chi connectivity index (χ3n) is 3.63. The number of aryl methyl sites for hydroxylation is 2. The number of carbonyl (C=O) groups is 1. The smallest absolute Gasteiger partial charge is 0.197 e. The van der Waals surface area contributed by atoms with Crippen LogP contribution in [0.5, 0.6) is 5.75 Å². The van der Waals surface area contributed by atoms with Crippen LogP contribution in [0.4, 0.5) is 0 Å². The van der Waals surface area contributed by atoms with Gasteiger partial charge in [-0.1, -0.05) is 13.0 Å². The highest BCUT2D eigenvalue weighted by atomic mass is 16.3. The minimum Gasteiger partial charge on any atom is -0.508 e. The van der Waals surface area contributed by atoms with Crippen molar-refractivity contribution in [1.29, 1.82) is 0 Å². The molecule has 1 N–H and O–H groups in total. The monoisotopic (exact) mass is 280 g/mol. The predicted molar refractivity (Wildman–Crippen MR) is 80.8 cm³/mol. The maximum Gasteiger partial charge on any atom is 0.197 e. The molecule has 0 bridgehead atoms. The fraction of sp³-hybridized carbons (Fsp3) is 0.176. The zero-order valence-electron chi connectivity index (χ0n) is 12.0. The van der Waals surface area contributed by atoms with Gasteiger partial charge < -0.3 is 5.11 Å². The van der Waals surface area contributed by atoms with Gasteiger partial charge in [-0.3, -0.25) is 4.79 Å². The van der Waals surface area contributed by atoms with Gasteiger partial charge in [-0.05, 0) is 49.2 Å². The van der Waals surface area contributed by atoms with Gasteiger partial charge in [-0.15, -0.1) is 0 Å². The number of fused-ring (bicyclic) bond motifs is 1. The average Bonchev–Trinajstić information content (AvgIpc) is 2.87. The highest BCUT2D eigenvalue weighted by molar-refractivity contribution is 6.14. The second kappa shape index (κ2) is 5.05. The summed E-state index contributed by atoms with van der Waals surface area (Å²) in [5, 5.41) is 14.1. The van der Waals surface area contributed by atoms with Crippen molar-refractivity contribution in [3.63, 3.8) is 0 Å². The van der Waals surface area contributed by atoms with E-state index in [-0.39, 0.29) is 11.5 Å². The van der Waals surface area contributed by atoms with Crippen molar-refractivity contribution in [2.45, 2.75) is 20.3 Å². The zero-order valence-corrected chi connectivity index (χ0v) is 12.0. The molecular weight excluding hydrogens is 264 g/mol. The van der Waals surface area contributed by atoms with Crippen LogP contribution in [0.1, 0.15) is 34.1 Å². The minimum absolute atomic E-state index is 0.0591. The van der Waals surface area contributed by atoms with Crippen molar-refractivity contribution >= 4 is 11.3 Å². The fourth-order valence-electron chi connectivity index (χ4n) is 2.48. The van der Waals surface area contributed by atoms with Gasteiger partial charge in [0.25, 0.3) is 0 Å². The largest absolute Gasteiger partial charge is 0.508 e. The second-order valence-corrected chi connectivity index (χ2v) is 5.04. The molecule has 0 saturated carbocycles. The lowest BCUT2D eigenvalue weighted by molar-refractivity contribution is 0.103. The Kier molecular flexibility index (Phi) is 3.22. The summed E-state index contributed by atoms with van der Waals surface area (Å²) >= 11 is 0. The molecule has 4 nitrogen and oxygen atoms in total. The van der Waals surface area contributed by atoms with E-state index < -0.39 is 0 Å². The molecule has 3 rings (SSSR count). The van der Waals surface area contributed by atoms with Crippen molar-refractivity contribution in [2.24, 2.45) is 0 Å². The van der Waals surface area contributed by atoms with Gasteiger partial charge in [0.2, 0.25) is 0 Å². The number of ketones is 1. The van der Waals surface area contributed by atoms with Crippen molar-refractivity contribution in [1.82, 2.24) is 9.61 Å². The maximum absolute atomic E-state index is 12.8.